The lowest BCUT2D eigenvalue weighted by atomic mass is 10.3. The molecule has 1 heterocycles. The summed E-state index contributed by atoms with van der Waals surface area (Å²) in [5.41, 5.74) is 1.14. The van der Waals surface area contributed by atoms with Crippen LogP contribution in [-0.4, -0.2) is 55.7 Å². The van der Waals surface area contributed by atoms with Gasteiger partial charge in [-0.25, -0.2) is 0 Å². The van der Waals surface area contributed by atoms with E-state index in [2.05, 4.69) is 26.6 Å². The molecule has 4 nitrogen and oxygen atoms in total. The molecule has 2 rings (SSSR count). The van der Waals surface area contributed by atoms with E-state index in [1.54, 1.807) is 11.8 Å². The molecule has 1 aromatic carbocycles. The Morgan fingerprint density at radius 1 is 1.30 bits per heavy atom. The topological polar surface area (TPSA) is 27.8 Å². The number of rotatable bonds is 2. The molecule has 0 aliphatic carbocycles. The number of para-hydroxylation sites is 1. The molecule has 1 aliphatic rings. The van der Waals surface area contributed by atoms with E-state index in [4.69, 9.17) is 4.74 Å². The maximum absolute atomic E-state index is 5.32. The zero-order valence-electron chi connectivity index (χ0n) is 11.8. The van der Waals surface area contributed by atoms with Gasteiger partial charge in [0.25, 0.3) is 11.5 Å². The summed E-state index contributed by atoms with van der Waals surface area (Å²) in [6.45, 7) is 3.41. The first-order chi connectivity index (χ1) is 9.31. The summed E-state index contributed by atoms with van der Waals surface area (Å²) in [5, 5.41) is 0.984. The molecule has 1 fully saturated rings. The van der Waals surface area contributed by atoms with Crippen molar-refractivity contribution in [2.45, 2.75) is 0 Å². The van der Waals surface area contributed by atoms with Crippen LogP contribution in [-0.2, 0) is 4.74 Å². The van der Waals surface area contributed by atoms with Crippen molar-refractivity contribution >= 4 is 29.0 Å². The van der Waals surface area contributed by atoms with Crippen LogP contribution in [0.3, 0.4) is 0 Å². The van der Waals surface area contributed by atoms with Crippen LogP contribution < -0.4 is 28.9 Å². The predicted octanol–water partition coefficient (Wildman–Crippen LogP) is -1.08. The second kappa shape index (κ2) is 9.36. The molecule has 20 heavy (non-hydrogen) atoms. The van der Waals surface area contributed by atoms with Gasteiger partial charge in [-0.05, 0) is 23.4 Å². The molecule has 0 atom stereocenters. The molecule has 1 aromatic rings. The Morgan fingerprint density at radius 2 is 1.95 bits per heavy atom. The first-order valence-corrected chi connectivity index (χ1v) is 7.59. The van der Waals surface area contributed by atoms with Gasteiger partial charge in [-0.3, -0.25) is 4.58 Å². The Morgan fingerprint density at radius 3 is 2.55 bits per heavy atom. The zero-order valence-corrected chi connectivity index (χ0v) is 14.8. The number of amidine groups is 1. The van der Waals surface area contributed by atoms with Crippen LogP contribution in [0.2, 0.25) is 0 Å². The van der Waals surface area contributed by atoms with E-state index in [0.717, 1.165) is 37.2 Å². The van der Waals surface area contributed by atoms with Crippen molar-refractivity contribution in [3.8, 4) is 0 Å². The molecular weight excluding hydrogens is 385 g/mol. The second-order valence-electron chi connectivity index (χ2n) is 4.27. The van der Waals surface area contributed by atoms with Gasteiger partial charge >= 0.3 is 0 Å². The highest BCUT2D eigenvalue weighted by Crippen LogP contribution is 2.15. The van der Waals surface area contributed by atoms with E-state index >= 15 is 0 Å². The van der Waals surface area contributed by atoms with Crippen molar-refractivity contribution in [3.63, 3.8) is 0 Å². The SMILES string of the molecule is CSC(=NC=[N+]1CCOCC1)N(C)c1ccccc1.[I-]. The molecule has 0 saturated carbocycles. The molecule has 1 saturated heterocycles. The van der Waals surface area contributed by atoms with Crippen LogP contribution in [0.15, 0.2) is 35.3 Å². The molecule has 0 amide bonds. The summed E-state index contributed by atoms with van der Waals surface area (Å²) in [7, 11) is 2.04. The Balaban J connectivity index is 0.00000200. The second-order valence-corrected chi connectivity index (χ2v) is 5.05. The quantitative estimate of drug-likeness (QED) is 0.271. The molecule has 0 radical (unpaired) electrons. The lowest BCUT2D eigenvalue weighted by Crippen LogP contribution is -3.00. The molecule has 0 aromatic heterocycles. The van der Waals surface area contributed by atoms with Crippen LogP contribution in [0.1, 0.15) is 0 Å². The van der Waals surface area contributed by atoms with Gasteiger partial charge in [-0.15, -0.1) is 0 Å². The highest BCUT2D eigenvalue weighted by molar-refractivity contribution is 8.13. The number of thioether (sulfide) groups is 1. The first-order valence-electron chi connectivity index (χ1n) is 6.37. The number of anilines is 1. The lowest BCUT2D eigenvalue weighted by molar-refractivity contribution is -0.545. The Bertz CT molecular complexity index is 457. The van der Waals surface area contributed by atoms with Crippen molar-refractivity contribution in [3.05, 3.63) is 30.3 Å². The monoisotopic (exact) mass is 405 g/mol. The van der Waals surface area contributed by atoms with Gasteiger partial charge in [0.2, 0.25) is 0 Å². The zero-order chi connectivity index (χ0) is 13.5. The largest absolute Gasteiger partial charge is 1.00 e. The fraction of sp³-hybridized carbons (Fsp3) is 0.429. The van der Waals surface area contributed by atoms with E-state index in [1.165, 1.54) is 0 Å². The van der Waals surface area contributed by atoms with Gasteiger partial charge in [0.15, 0.2) is 0 Å². The van der Waals surface area contributed by atoms with Crippen molar-refractivity contribution in [1.29, 1.82) is 0 Å². The third kappa shape index (κ3) is 5.06. The Kier molecular flexibility index (Phi) is 8.16. The van der Waals surface area contributed by atoms with Crippen LogP contribution in [0.4, 0.5) is 5.69 Å². The van der Waals surface area contributed by atoms with Gasteiger partial charge in [0, 0.05) is 12.7 Å². The number of ether oxygens (including phenoxy) is 1. The van der Waals surface area contributed by atoms with Crippen LogP contribution >= 0.6 is 11.8 Å². The fourth-order valence-corrected chi connectivity index (χ4v) is 2.39. The summed E-state index contributed by atoms with van der Waals surface area (Å²) in [4.78, 5) is 6.69. The predicted molar refractivity (Wildman–Crippen MR) is 82.7 cm³/mol. The van der Waals surface area contributed by atoms with E-state index in [1.807, 2.05) is 37.8 Å². The summed E-state index contributed by atoms with van der Waals surface area (Å²) >= 11 is 1.65. The fourth-order valence-electron chi connectivity index (χ4n) is 1.86. The number of morpholine rings is 1. The standard InChI is InChI=1S/C14H20N3OS.HI/c1-16(13-6-4-3-5-7-13)14(19-2)15-12-17-8-10-18-11-9-17;/h3-7,12H,8-11H2,1-2H3;1H/q+1;/p-1. The molecule has 6 heteroatoms. The van der Waals surface area contributed by atoms with E-state index in [0.29, 0.717) is 0 Å². The third-order valence-corrected chi connectivity index (χ3v) is 3.73. The normalized spacial score (nSPS) is 15.5. The minimum absolute atomic E-state index is 0. The maximum atomic E-state index is 5.32. The molecule has 0 spiro atoms. The van der Waals surface area contributed by atoms with Gasteiger partial charge in [0.1, 0.15) is 13.1 Å². The number of aliphatic imine (C=N–C) groups is 1. The molecule has 0 bridgehead atoms. The number of nitrogens with zero attached hydrogens (tertiary/aromatic N) is 3. The van der Waals surface area contributed by atoms with E-state index in [9.17, 15) is 0 Å². The van der Waals surface area contributed by atoms with Crippen molar-refractivity contribution in [2.75, 3.05) is 44.5 Å². The maximum Gasteiger partial charge on any atom is 0.285 e. The number of halogens is 1. The van der Waals surface area contributed by atoms with E-state index < -0.39 is 0 Å². The summed E-state index contributed by atoms with van der Waals surface area (Å²) in [6.07, 6.45) is 3.97. The van der Waals surface area contributed by atoms with Gasteiger partial charge in [-0.1, -0.05) is 30.0 Å². The molecule has 1 aliphatic heterocycles. The van der Waals surface area contributed by atoms with Crippen LogP contribution in [0, 0.1) is 0 Å². The average molecular weight is 405 g/mol. The minimum atomic E-state index is 0. The third-order valence-electron chi connectivity index (χ3n) is 2.99. The summed E-state index contributed by atoms with van der Waals surface area (Å²) in [6, 6.07) is 10.3. The van der Waals surface area contributed by atoms with Gasteiger partial charge in [-0.2, -0.15) is 0 Å². The molecule has 0 unspecified atom stereocenters. The minimum Gasteiger partial charge on any atom is -1.00 e. The number of hydrogen-bond acceptors (Lipinski definition) is 2. The van der Waals surface area contributed by atoms with Crippen LogP contribution in [0.5, 0.6) is 0 Å². The summed E-state index contributed by atoms with van der Waals surface area (Å²) < 4.78 is 7.52. The number of hydrogen-bond donors (Lipinski definition) is 0. The van der Waals surface area contributed by atoms with Crippen molar-refractivity contribution < 1.29 is 33.3 Å². The first kappa shape index (κ1) is 17.5. The van der Waals surface area contributed by atoms with Crippen molar-refractivity contribution in [2.24, 2.45) is 4.99 Å². The number of benzene rings is 1. The van der Waals surface area contributed by atoms with E-state index in [-0.39, 0.29) is 24.0 Å². The molecule has 0 N–H and O–H groups in total. The van der Waals surface area contributed by atoms with Crippen LogP contribution in [0.25, 0.3) is 0 Å². The van der Waals surface area contributed by atoms with Crippen molar-refractivity contribution in [1.82, 2.24) is 0 Å². The smallest absolute Gasteiger partial charge is 0.285 e. The highest BCUT2D eigenvalue weighted by Gasteiger charge is 2.13. The highest BCUT2D eigenvalue weighted by atomic mass is 127. The Labute approximate surface area is 141 Å². The lowest BCUT2D eigenvalue weighted by Gasteiger charge is -2.16. The van der Waals surface area contributed by atoms with Gasteiger partial charge < -0.3 is 33.6 Å². The molecular formula is C14H20IN3OS. The summed E-state index contributed by atoms with van der Waals surface area (Å²) in [5.74, 6) is 0. The molecule has 110 valence electrons. The Hall–Kier alpha value is -0.600. The average Bonchev–Trinajstić information content (AvgIpc) is 2.49. The van der Waals surface area contributed by atoms with Gasteiger partial charge in [0.05, 0.1) is 13.2 Å².